The summed E-state index contributed by atoms with van der Waals surface area (Å²) in [5.74, 6) is 0.329. The van der Waals surface area contributed by atoms with Crippen molar-refractivity contribution in [3.63, 3.8) is 0 Å². The highest BCUT2D eigenvalue weighted by Crippen LogP contribution is 2.24. The number of piperazine rings is 1. The van der Waals surface area contributed by atoms with Gasteiger partial charge in [-0.2, -0.15) is 0 Å². The Hall–Kier alpha value is -2.59. The summed E-state index contributed by atoms with van der Waals surface area (Å²) in [5.41, 5.74) is 3.58. The highest BCUT2D eigenvalue weighted by Gasteiger charge is 2.21. The second-order valence-electron chi connectivity index (χ2n) is 8.36. The number of carbonyl (C=O) groups is 1. The third-order valence-electron chi connectivity index (χ3n) is 6.54. The number of nitrogens with zero attached hydrogens (tertiary/aromatic N) is 3. The number of rotatable bonds is 5. The number of Topliss-reactive ketones (excluding diaryl/α,β-unsaturated/α-hetero) is 1. The van der Waals surface area contributed by atoms with E-state index in [0.717, 1.165) is 70.5 Å². The molecular formula is C25H29N3O. The third-order valence-corrected chi connectivity index (χ3v) is 6.54. The summed E-state index contributed by atoms with van der Waals surface area (Å²) in [6.45, 7) is 6.57. The Morgan fingerprint density at radius 1 is 0.828 bits per heavy atom. The molecule has 1 saturated heterocycles. The topological polar surface area (TPSA) is 28.5 Å². The van der Waals surface area contributed by atoms with Crippen molar-refractivity contribution in [2.75, 3.05) is 37.6 Å². The van der Waals surface area contributed by atoms with Gasteiger partial charge in [-0.15, -0.1) is 0 Å². The smallest absolute Gasteiger partial charge is 0.164 e. The number of anilines is 1. The number of ketones is 1. The summed E-state index contributed by atoms with van der Waals surface area (Å²) < 4.78 is 2.32. The highest BCUT2D eigenvalue weighted by atomic mass is 16.1. The maximum absolute atomic E-state index is 12.0. The molecule has 0 atom stereocenters. The molecule has 150 valence electrons. The molecule has 0 radical (unpaired) electrons. The summed E-state index contributed by atoms with van der Waals surface area (Å²) >= 11 is 0. The number of aryl methyl sites for hydroxylation is 1. The molecule has 1 aromatic heterocycles. The lowest BCUT2D eigenvalue weighted by molar-refractivity contribution is 0.0971. The molecule has 5 rings (SSSR count). The van der Waals surface area contributed by atoms with E-state index in [1.165, 1.54) is 22.2 Å². The van der Waals surface area contributed by atoms with Crippen LogP contribution in [0.15, 0.2) is 54.7 Å². The molecule has 29 heavy (non-hydrogen) atoms. The summed E-state index contributed by atoms with van der Waals surface area (Å²) in [4.78, 5) is 17.1. The maximum atomic E-state index is 12.0. The minimum Gasteiger partial charge on any atom is -0.369 e. The Labute approximate surface area is 172 Å². The van der Waals surface area contributed by atoms with Crippen molar-refractivity contribution in [2.45, 2.75) is 32.2 Å². The fourth-order valence-electron chi connectivity index (χ4n) is 4.87. The summed E-state index contributed by atoms with van der Waals surface area (Å²) in [5, 5.41) is 2.63. The molecule has 0 spiro atoms. The van der Waals surface area contributed by atoms with Crippen molar-refractivity contribution in [3.8, 4) is 0 Å². The lowest BCUT2D eigenvalue weighted by Gasteiger charge is -2.36. The van der Waals surface area contributed by atoms with Crippen LogP contribution in [-0.2, 0) is 13.0 Å². The predicted octanol–water partition coefficient (Wildman–Crippen LogP) is 4.37. The number of fused-ring (bicyclic) bond motifs is 2. The van der Waals surface area contributed by atoms with E-state index in [1.807, 2.05) is 6.07 Å². The van der Waals surface area contributed by atoms with Gasteiger partial charge < -0.3 is 9.47 Å². The van der Waals surface area contributed by atoms with Crippen LogP contribution in [0.1, 0.15) is 35.3 Å². The van der Waals surface area contributed by atoms with Crippen LogP contribution in [-0.4, -0.2) is 48.0 Å². The number of aromatic nitrogens is 1. The monoisotopic (exact) mass is 387 g/mol. The second-order valence-corrected chi connectivity index (χ2v) is 8.36. The van der Waals surface area contributed by atoms with Gasteiger partial charge in [0.15, 0.2) is 5.78 Å². The van der Waals surface area contributed by atoms with Crippen LogP contribution in [0.3, 0.4) is 0 Å². The Bertz CT molecular complexity index is 1010. The highest BCUT2D eigenvalue weighted by molar-refractivity contribution is 5.98. The van der Waals surface area contributed by atoms with E-state index in [-0.39, 0.29) is 0 Å². The van der Waals surface area contributed by atoms with Crippen LogP contribution in [0.25, 0.3) is 10.8 Å². The van der Waals surface area contributed by atoms with Crippen LogP contribution in [0.4, 0.5) is 5.69 Å². The Kier molecular flexibility index (Phi) is 5.11. The van der Waals surface area contributed by atoms with Crippen LogP contribution in [0, 0.1) is 0 Å². The molecule has 4 heteroatoms. The Morgan fingerprint density at radius 3 is 2.52 bits per heavy atom. The van der Waals surface area contributed by atoms with Crippen LogP contribution >= 0.6 is 0 Å². The van der Waals surface area contributed by atoms with E-state index in [2.05, 4.69) is 63.0 Å². The zero-order valence-corrected chi connectivity index (χ0v) is 17.0. The van der Waals surface area contributed by atoms with E-state index in [0.29, 0.717) is 5.78 Å². The number of hydrogen-bond acceptors (Lipinski definition) is 3. The molecule has 0 unspecified atom stereocenters. The lowest BCUT2D eigenvalue weighted by Crippen LogP contribution is -2.46. The van der Waals surface area contributed by atoms with Crippen molar-refractivity contribution >= 4 is 22.2 Å². The van der Waals surface area contributed by atoms with Gasteiger partial charge in [0.2, 0.25) is 0 Å². The molecule has 2 aliphatic rings. The molecule has 1 fully saturated rings. The minimum absolute atomic E-state index is 0.329. The van der Waals surface area contributed by atoms with Gasteiger partial charge >= 0.3 is 0 Å². The fourth-order valence-corrected chi connectivity index (χ4v) is 4.87. The first-order valence-corrected chi connectivity index (χ1v) is 11.0. The normalized spacial score (nSPS) is 17.7. The molecule has 2 heterocycles. The van der Waals surface area contributed by atoms with Crippen molar-refractivity contribution in [3.05, 3.63) is 66.0 Å². The van der Waals surface area contributed by atoms with E-state index >= 15 is 0 Å². The average Bonchev–Trinajstić information content (AvgIpc) is 3.18. The van der Waals surface area contributed by atoms with Gasteiger partial charge in [0.25, 0.3) is 0 Å². The van der Waals surface area contributed by atoms with Crippen molar-refractivity contribution < 1.29 is 4.79 Å². The Balaban J connectivity index is 1.13. The van der Waals surface area contributed by atoms with Crippen LogP contribution in [0.2, 0.25) is 0 Å². The minimum atomic E-state index is 0.329. The summed E-state index contributed by atoms with van der Waals surface area (Å²) in [6.07, 6.45) is 6.04. The molecule has 1 aliphatic heterocycles. The average molecular weight is 388 g/mol. The van der Waals surface area contributed by atoms with E-state index in [9.17, 15) is 4.79 Å². The second kappa shape index (κ2) is 8.03. The SMILES string of the molecule is O=C1CCCc2c1ccn2CCCN1CCN(c2ccc3ccccc3c2)CC1. The first-order chi connectivity index (χ1) is 14.3. The van der Waals surface area contributed by atoms with Crippen molar-refractivity contribution in [2.24, 2.45) is 0 Å². The zero-order valence-electron chi connectivity index (χ0n) is 17.0. The molecule has 0 saturated carbocycles. The molecule has 0 N–H and O–H groups in total. The first kappa shape index (κ1) is 18.4. The van der Waals surface area contributed by atoms with E-state index in [4.69, 9.17) is 0 Å². The Morgan fingerprint density at radius 2 is 1.66 bits per heavy atom. The van der Waals surface area contributed by atoms with E-state index in [1.54, 1.807) is 0 Å². The standard InChI is InChI=1S/C25H29N3O/c29-25-8-3-7-24-23(25)11-14-28(24)13-4-12-26-15-17-27(18-16-26)22-10-9-20-5-1-2-6-21(20)19-22/h1-2,5-6,9-11,14,19H,3-4,7-8,12-13,15-18H2. The van der Waals surface area contributed by atoms with Gasteiger partial charge in [-0.25, -0.2) is 0 Å². The van der Waals surface area contributed by atoms with Gasteiger partial charge in [0.1, 0.15) is 0 Å². The van der Waals surface area contributed by atoms with Crippen molar-refractivity contribution in [1.29, 1.82) is 0 Å². The van der Waals surface area contributed by atoms with Crippen molar-refractivity contribution in [1.82, 2.24) is 9.47 Å². The maximum Gasteiger partial charge on any atom is 0.164 e. The van der Waals surface area contributed by atoms with Crippen LogP contribution < -0.4 is 4.90 Å². The molecule has 2 aromatic carbocycles. The van der Waals surface area contributed by atoms with Gasteiger partial charge in [0.05, 0.1) is 0 Å². The molecular weight excluding hydrogens is 358 g/mol. The fraction of sp³-hybridized carbons (Fsp3) is 0.400. The summed E-state index contributed by atoms with van der Waals surface area (Å²) in [6, 6.07) is 17.4. The predicted molar refractivity (Wildman–Crippen MR) is 119 cm³/mol. The molecule has 0 bridgehead atoms. The molecule has 0 amide bonds. The quantitative estimate of drug-likeness (QED) is 0.651. The van der Waals surface area contributed by atoms with Crippen LogP contribution in [0.5, 0.6) is 0 Å². The number of benzene rings is 2. The number of hydrogen-bond donors (Lipinski definition) is 0. The van der Waals surface area contributed by atoms with Gasteiger partial charge in [-0.3, -0.25) is 9.69 Å². The van der Waals surface area contributed by atoms with E-state index < -0.39 is 0 Å². The zero-order chi connectivity index (χ0) is 19.6. The number of carbonyl (C=O) groups excluding carboxylic acids is 1. The van der Waals surface area contributed by atoms with Gasteiger partial charge in [0, 0.05) is 62.3 Å². The molecule has 4 nitrogen and oxygen atoms in total. The first-order valence-electron chi connectivity index (χ1n) is 11.0. The molecule has 3 aromatic rings. The van der Waals surface area contributed by atoms with Gasteiger partial charge in [-0.05, 0) is 54.8 Å². The van der Waals surface area contributed by atoms with Gasteiger partial charge in [-0.1, -0.05) is 30.3 Å². The summed E-state index contributed by atoms with van der Waals surface area (Å²) in [7, 11) is 0. The molecule has 1 aliphatic carbocycles. The lowest BCUT2D eigenvalue weighted by atomic mass is 9.97. The third kappa shape index (κ3) is 3.82. The largest absolute Gasteiger partial charge is 0.369 e.